The van der Waals surface area contributed by atoms with E-state index < -0.39 is 0 Å². The average molecular weight is 507 g/mol. The molecule has 0 atom stereocenters. The number of aliphatic imine (C=N–C) groups is 1. The van der Waals surface area contributed by atoms with Crippen LogP contribution in [0.15, 0.2) is 53.8 Å². The molecule has 2 heterocycles. The Morgan fingerprint density at radius 3 is 2.72 bits per heavy atom. The summed E-state index contributed by atoms with van der Waals surface area (Å²) in [7, 11) is 0. The molecule has 156 valence electrons. The van der Waals surface area contributed by atoms with Gasteiger partial charge in [-0.25, -0.2) is 9.98 Å². The maximum atomic E-state index is 5.58. The molecular formula is C22H30IN5O. The van der Waals surface area contributed by atoms with Crippen molar-refractivity contribution in [2.75, 3.05) is 13.1 Å². The Morgan fingerprint density at radius 2 is 2.00 bits per heavy atom. The molecule has 0 spiro atoms. The molecule has 0 saturated carbocycles. The van der Waals surface area contributed by atoms with Gasteiger partial charge in [-0.3, -0.25) is 0 Å². The van der Waals surface area contributed by atoms with Gasteiger partial charge in [0.15, 0.2) is 5.96 Å². The molecule has 7 heteroatoms. The molecule has 0 amide bonds. The van der Waals surface area contributed by atoms with Gasteiger partial charge < -0.3 is 20.4 Å². The van der Waals surface area contributed by atoms with E-state index in [1.165, 1.54) is 16.5 Å². The number of ether oxygens (including phenoxy) is 1. The van der Waals surface area contributed by atoms with Gasteiger partial charge in [-0.1, -0.05) is 24.3 Å². The van der Waals surface area contributed by atoms with E-state index in [4.69, 9.17) is 4.74 Å². The molecule has 0 aliphatic heterocycles. The fraction of sp³-hybridized carbons (Fsp3) is 0.364. The predicted octanol–water partition coefficient (Wildman–Crippen LogP) is 4.27. The summed E-state index contributed by atoms with van der Waals surface area (Å²) in [5, 5.41) is 7.98. The maximum Gasteiger partial charge on any atom is 0.213 e. The Morgan fingerprint density at radius 1 is 1.17 bits per heavy atom. The second-order valence-electron chi connectivity index (χ2n) is 6.90. The summed E-state index contributed by atoms with van der Waals surface area (Å²) in [6, 6.07) is 12.3. The van der Waals surface area contributed by atoms with Crippen LogP contribution in [0.5, 0.6) is 5.88 Å². The van der Waals surface area contributed by atoms with Crippen molar-refractivity contribution in [3.8, 4) is 5.88 Å². The molecule has 3 N–H and O–H groups in total. The van der Waals surface area contributed by atoms with E-state index in [1.807, 2.05) is 38.2 Å². The molecule has 3 aromatic rings. The number of aromatic nitrogens is 2. The standard InChI is InChI=1S/C22H29N5O.HI/c1-4-23-22(27-14-17-9-10-21(26-13-17)28-16(2)3)24-12-11-18-15-25-20-8-6-5-7-19(18)20;/h5-10,13,15-16,25H,4,11-12,14H2,1-3H3,(H2,23,24,27);1H. The second kappa shape index (κ2) is 11.6. The van der Waals surface area contributed by atoms with Crippen LogP contribution in [0.25, 0.3) is 10.9 Å². The third-order valence-electron chi connectivity index (χ3n) is 4.28. The van der Waals surface area contributed by atoms with Crippen LogP contribution in [-0.4, -0.2) is 35.1 Å². The number of guanidine groups is 1. The first-order valence-electron chi connectivity index (χ1n) is 9.84. The van der Waals surface area contributed by atoms with Gasteiger partial charge in [0.1, 0.15) is 0 Å². The summed E-state index contributed by atoms with van der Waals surface area (Å²) in [5.41, 5.74) is 3.53. The number of rotatable bonds is 8. The number of hydrogen-bond acceptors (Lipinski definition) is 3. The lowest BCUT2D eigenvalue weighted by molar-refractivity contribution is 0.232. The van der Waals surface area contributed by atoms with Gasteiger partial charge in [0, 0.05) is 42.5 Å². The van der Waals surface area contributed by atoms with E-state index in [9.17, 15) is 0 Å². The van der Waals surface area contributed by atoms with Gasteiger partial charge >= 0.3 is 0 Å². The molecule has 2 aromatic heterocycles. The number of H-pyrrole nitrogens is 1. The topological polar surface area (TPSA) is 74.3 Å². The number of nitrogens with one attached hydrogen (secondary N) is 3. The SMILES string of the molecule is CCNC(=NCc1ccc(OC(C)C)nc1)NCCc1c[nH]c2ccccc12.I. The van der Waals surface area contributed by atoms with E-state index in [0.29, 0.717) is 12.4 Å². The molecule has 0 fully saturated rings. The molecule has 29 heavy (non-hydrogen) atoms. The van der Waals surface area contributed by atoms with Crippen molar-refractivity contribution in [3.05, 3.63) is 59.9 Å². The van der Waals surface area contributed by atoms with Crippen LogP contribution in [-0.2, 0) is 13.0 Å². The summed E-state index contributed by atoms with van der Waals surface area (Å²) < 4.78 is 5.58. The van der Waals surface area contributed by atoms with Crippen LogP contribution in [0.2, 0.25) is 0 Å². The summed E-state index contributed by atoms with van der Waals surface area (Å²) >= 11 is 0. The number of hydrogen-bond donors (Lipinski definition) is 3. The molecule has 0 radical (unpaired) electrons. The Hall–Kier alpha value is -2.29. The van der Waals surface area contributed by atoms with Crippen molar-refractivity contribution in [1.29, 1.82) is 0 Å². The molecule has 0 unspecified atom stereocenters. The van der Waals surface area contributed by atoms with E-state index >= 15 is 0 Å². The molecule has 0 aliphatic carbocycles. The van der Waals surface area contributed by atoms with Crippen molar-refractivity contribution in [1.82, 2.24) is 20.6 Å². The second-order valence-corrected chi connectivity index (χ2v) is 6.90. The summed E-state index contributed by atoms with van der Waals surface area (Å²) in [4.78, 5) is 12.3. The van der Waals surface area contributed by atoms with E-state index in [-0.39, 0.29) is 30.1 Å². The first kappa shape index (κ1) is 23.0. The third kappa shape index (κ3) is 6.92. The lowest BCUT2D eigenvalue weighted by Gasteiger charge is -2.11. The Kier molecular flexibility index (Phi) is 9.24. The first-order chi connectivity index (χ1) is 13.7. The van der Waals surface area contributed by atoms with Gasteiger partial charge in [-0.15, -0.1) is 24.0 Å². The number of fused-ring (bicyclic) bond motifs is 1. The molecule has 0 bridgehead atoms. The lowest BCUT2D eigenvalue weighted by Crippen LogP contribution is -2.38. The predicted molar refractivity (Wildman–Crippen MR) is 130 cm³/mol. The van der Waals surface area contributed by atoms with Crippen molar-refractivity contribution >= 4 is 40.8 Å². The van der Waals surface area contributed by atoms with Crippen molar-refractivity contribution in [3.63, 3.8) is 0 Å². The first-order valence-corrected chi connectivity index (χ1v) is 9.84. The van der Waals surface area contributed by atoms with Crippen LogP contribution in [0.3, 0.4) is 0 Å². The maximum absolute atomic E-state index is 5.58. The minimum Gasteiger partial charge on any atom is -0.475 e. The van der Waals surface area contributed by atoms with Gasteiger partial charge in [-0.05, 0) is 44.4 Å². The van der Waals surface area contributed by atoms with Crippen LogP contribution in [0, 0.1) is 0 Å². The van der Waals surface area contributed by atoms with Crippen molar-refractivity contribution in [2.45, 2.75) is 39.8 Å². The third-order valence-corrected chi connectivity index (χ3v) is 4.28. The highest BCUT2D eigenvalue weighted by atomic mass is 127. The number of pyridine rings is 1. The number of nitrogens with zero attached hydrogens (tertiary/aromatic N) is 2. The number of para-hydroxylation sites is 1. The van der Waals surface area contributed by atoms with Gasteiger partial charge in [0.25, 0.3) is 0 Å². The Bertz CT molecular complexity index is 905. The largest absolute Gasteiger partial charge is 0.475 e. The smallest absolute Gasteiger partial charge is 0.213 e. The molecule has 0 saturated heterocycles. The monoisotopic (exact) mass is 507 g/mol. The van der Waals surface area contributed by atoms with E-state index in [0.717, 1.165) is 31.0 Å². The minimum absolute atomic E-state index is 0. The van der Waals surface area contributed by atoms with E-state index in [2.05, 4.69) is 56.9 Å². The Labute approximate surface area is 189 Å². The minimum atomic E-state index is 0. The number of benzene rings is 1. The lowest BCUT2D eigenvalue weighted by atomic mass is 10.1. The fourth-order valence-corrected chi connectivity index (χ4v) is 2.98. The van der Waals surface area contributed by atoms with Gasteiger partial charge in [0.05, 0.1) is 12.6 Å². The van der Waals surface area contributed by atoms with Gasteiger partial charge in [0.2, 0.25) is 5.88 Å². The normalized spacial score (nSPS) is 11.4. The van der Waals surface area contributed by atoms with Crippen LogP contribution in [0.1, 0.15) is 31.9 Å². The van der Waals surface area contributed by atoms with Crippen LogP contribution >= 0.6 is 24.0 Å². The highest BCUT2D eigenvalue weighted by Gasteiger charge is 2.04. The zero-order valence-corrected chi connectivity index (χ0v) is 19.6. The summed E-state index contributed by atoms with van der Waals surface area (Å²) in [6.45, 7) is 8.24. The highest BCUT2D eigenvalue weighted by molar-refractivity contribution is 14.0. The molecule has 1 aromatic carbocycles. The summed E-state index contributed by atoms with van der Waals surface area (Å²) in [6.07, 6.45) is 4.95. The summed E-state index contributed by atoms with van der Waals surface area (Å²) in [5.74, 6) is 1.45. The zero-order valence-electron chi connectivity index (χ0n) is 17.2. The molecule has 3 rings (SSSR count). The number of halogens is 1. The van der Waals surface area contributed by atoms with Crippen molar-refractivity contribution < 1.29 is 4.74 Å². The zero-order chi connectivity index (χ0) is 19.8. The van der Waals surface area contributed by atoms with Gasteiger partial charge in [-0.2, -0.15) is 0 Å². The average Bonchev–Trinajstić information content (AvgIpc) is 3.10. The number of aromatic amines is 1. The van der Waals surface area contributed by atoms with Crippen LogP contribution in [0.4, 0.5) is 0 Å². The van der Waals surface area contributed by atoms with Crippen molar-refractivity contribution in [2.24, 2.45) is 4.99 Å². The quantitative estimate of drug-likeness (QED) is 0.242. The van der Waals surface area contributed by atoms with Crippen LogP contribution < -0.4 is 15.4 Å². The molecule has 6 nitrogen and oxygen atoms in total. The Balaban J connectivity index is 0.00000300. The van der Waals surface area contributed by atoms with E-state index in [1.54, 1.807) is 0 Å². The molecule has 0 aliphatic rings. The fourth-order valence-electron chi connectivity index (χ4n) is 2.98. The highest BCUT2D eigenvalue weighted by Crippen LogP contribution is 2.17. The molecular weight excluding hydrogens is 477 g/mol.